The first-order chi connectivity index (χ1) is 9.42. The van der Waals surface area contributed by atoms with E-state index in [1.165, 1.54) is 0 Å². The van der Waals surface area contributed by atoms with E-state index in [1.807, 2.05) is 26.1 Å². The maximum atomic E-state index is 6.33. The van der Waals surface area contributed by atoms with E-state index in [0.717, 1.165) is 23.4 Å². The molecule has 0 saturated heterocycles. The van der Waals surface area contributed by atoms with Gasteiger partial charge in [0.15, 0.2) is 0 Å². The first kappa shape index (κ1) is 15.6. The van der Waals surface area contributed by atoms with Crippen molar-refractivity contribution in [1.29, 1.82) is 0 Å². The van der Waals surface area contributed by atoms with Gasteiger partial charge in [-0.25, -0.2) is 0 Å². The molecule has 0 aliphatic heterocycles. The van der Waals surface area contributed by atoms with Crippen LogP contribution in [0.5, 0.6) is 0 Å². The fourth-order valence-corrected chi connectivity index (χ4v) is 3.07. The lowest BCUT2D eigenvalue weighted by Gasteiger charge is -2.13. The van der Waals surface area contributed by atoms with Crippen LogP contribution in [-0.4, -0.2) is 9.78 Å². The number of aryl methyl sites for hydroxylation is 2. The van der Waals surface area contributed by atoms with E-state index in [9.17, 15) is 0 Å². The van der Waals surface area contributed by atoms with Crippen LogP contribution in [0.15, 0.2) is 18.2 Å². The molecule has 1 atom stereocenters. The molecular weight excluding hydrogens is 317 g/mol. The molecule has 2 rings (SSSR count). The first-order valence-corrected chi connectivity index (χ1v) is 7.47. The summed E-state index contributed by atoms with van der Waals surface area (Å²) in [6.07, 6.45) is 1.38. The van der Waals surface area contributed by atoms with Gasteiger partial charge < -0.3 is 5.73 Å². The molecular formula is C14H16Cl3N3. The Bertz CT molecular complexity index is 602. The predicted octanol–water partition coefficient (Wildman–Crippen LogP) is 4.19. The molecule has 0 saturated carbocycles. The molecule has 108 valence electrons. The zero-order valence-corrected chi connectivity index (χ0v) is 13.6. The largest absolute Gasteiger partial charge is 0.324 e. The van der Waals surface area contributed by atoms with Crippen molar-refractivity contribution in [1.82, 2.24) is 9.78 Å². The van der Waals surface area contributed by atoms with E-state index in [0.29, 0.717) is 21.5 Å². The highest BCUT2D eigenvalue weighted by molar-refractivity contribution is 6.34. The average Bonchev–Trinajstić information content (AvgIpc) is 2.65. The van der Waals surface area contributed by atoms with Gasteiger partial charge in [-0.05, 0) is 30.2 Å². The highest BCUT2D eigenvalue weighted by Crippen LogP contribution is 2.28. The molecule has 6 heteroatoms. The van der Waals surface area contributed by atoms with Gasteiger partial charge in [-0.2, -0.15) is 5.10 Å². The third-order valence-corrected chi connectivity index (χ3v) is 4.10. The molecule has 20 heavy (non-hydrogen) atoms. The molecule has 0 fully saturated rings. The molecule has 0 radical (unpaired) electrons. The van der Waals surface area contributed by atoms with Crippen molar-refractivity contribution in [3.63, 3.8) is 0 Å². The summed E-state index contributed by atoms with van der Waals surface area (Å²) in [6.45, 7) is 2.02. The van der Waals surface area contributed by atoms with E-state index in [1.54, 1.807) is 10.7 Å². The minimum absolute atomic E-state index is 0.233. The fourth-order valence-electron chi connectivity index (χ4n) is 2.16. The van der Waals surface area contributed by atoms with Gasteiger partial charge >= 0.3 is 0 Å². The summed E-state index contributed by atoms with van der Waals surface area (Å²) in [6, 6.07) is 5.10. The molecule has 0 aliphatic carbocycles. The Morgan fingerprint density at radius 2 is 1.80 bits per heavy atom. The number of halogens is 3. The molecule has 1 aromatic carbocycles. The Morgan fingerprint density at radius 3 is 2.30 bits per heavy atom. The molecule has 1 aromatic heterocycles. The molecule has 1 unspecified atom stereocenters. The lowest BCUT2D eigenvalue weighted by atomic mass is 10.0. The van der Waals surface area contributed by atoms with Crippen molar-refractivity contribution in [2.75, 3.05) is 0 Å². The van der Waals surface area contributed by atoms with Crippen LogP contribution in [0.2, 0.25) is 15.1 Å². The molecule has 1 heterocycles. The van der Waals surface area contributed by atoms with Gasteiger partial charge in [0.05, 0.1) is 16.4 Å². The van der Waals surface area contributed by atoms with E-state index in [-0.39, 0.29) is 6.04 Å². The zero-order chi connectivity index (χ0) is 14.9. The minimum Gasteiger partial charge on any atom is -0.324 e. The average molecular weight is 333 g/mol. The Balaban J connectivity index is 2.27. The maximum absolute atomic E-state index is 6.33. The third-order valence-electron chi connectivity index (χ3n) is 3.23. The van der Waals surface area contributed by atoms with Gasteiger partial charge in [0.2, 0.25) is 0 Å². The Kier molecular flexibility index (Phi) is 4.97. The predicted molar refractivity (Wildman–Crippen MR) is 84.7 cm³/mol. The van der Waals surface area contributed by atoms with E-state index in [4.69, 9.17) is 40.5 Å². The van der Waals surface area contributed by atoms with Crippen molar-refractivity contribution in [2.24, 2.45) is 12.8 Å². The van der Waals surface area contributed by atoms with Gasteiger partial charge in [-0.3, -0.25) is 4.68 Å². The summed E-state index contributed by atoms with van der Waals surface area (Å²) in [7, 11) is 1.87. The monoisotopic (exact) mass is 331 g/mol. The van der Waals surface area contributed by atoms with Crippen molar-refractivity contribution in [3.05, 3.63) is 50.2 Å². The highest BCUT2D eigenvalue weighted by atomic mass is 35.5. The second-order valence-electron chi connectivity index (χ2n) is 4.70. The Morgan fingerprint density at radius 1 is 1.20 bits per heavy atom. The minimum atomic E-state index is -0.233. The second-order valence-corrected chi connectivity index (χ2v) is 5.95. The fraction of sp³-hybridized carbons (Fsp3) is 0.357. The van der Waals surface area contributed by atoms with Crippen LogP contribution in [0.1, 0.15) is 29.9 Å². The van der Waals surface area contributed by atoms with Crippen LogP contribution < -0.4 is 5.73 Å². The van der Waals surface area contributed by atoms with Crippen molar-refractivity contribution >= 4 is 34.8 Å². The number of hydrogen-bond acceptors (Lipinski definition) is 2. The summed E-state index contributed by atoms with van der Waals surface area (Å²) in [5.41, 5.74) is 8.94. The molecule has 2 N–H and O–H groups in total. The molecule has 0 amide bonds. The normalized spacial score (nSPS) is 12.7. The molecule has 3 nitrogen and oxygen atoms in total. The van der Waals surface area contributed by atoms with Crippen LogP contribution in [-0.2, 0) is 19.9 Å². The Hall–Kier alpha value is -0.740. The summed E-state index contributed by atoms with van der Waals surface area (Å²) in [5.74, 6) is 0. The van der Waals surface area contributed by atoms with Crippen LogP contribution in [0, 0.1) is 0 Å². The lowest BCUT2D eigenvalue weighted by molar-refractivity contribution is 0.638. The SMILES string of the molecule is CCc1nn(C)c(CC(N)c2cc(Cl)cc(Cl)c2)c1Cl. The van der Waals surface area contributed by atoms with Crippen LogP contribution >= 0.6 is 34.8 Å². The topological polar surface area (TPSA) is 43.8 Å². The van der Waals surface area contributed by atoms with E-state index < -0.39 is 0 Å². The van der Waals surface area contributed by atoms with Crippen LogP contribution in [0.3, 0.4) is 0 Å². The van der Waals surface area contributed by atoms with Crippen LogP contribution in [0.4, 0.5) is 0 Å². The number of hydrogen-bond donors (Lipinski definition) is 1. The van der Waals surface area contributed by atoms with Crippen molar-refractivity contribution in [2.45, 2.75) is 25.8 Å². The summed E-state index contributed by atoms with van der Waals surface area (Å²) < 4.78 is 1.78. The number of rotatable bonds is 4. The Labute approximate surface area is 133 Å². The summed E-state index contributed by atoms with van der Waals surface area (Å²) in [5, 5.41) is 6.23. The van der Waals surface area contributed by atoms with Crippen molar-refractivity contribution < 1.29 is 0 Å². The molecule has 0 spiro atoms. The first-order valence-electron chi connectivity index (χ1n) is 6.34. The molecule has 0 aliphatic rings. The standard InChI is InChI=1S/C14H16Cl3N3/c1-3-12-14(17)13(20(2)19-12)7-11(18)8-4-9(15)6-10(16)5-8/h4-6,11H,3,7,18H2,1-2H3. The highest BCUT2D eigenvalue weighted by Gasteiger charge is 2.17. The second kappa shape index (κ2) is 6.35. The summed E-state index contributed by atoms with van der Waals surface area (Å²) >= 11 is 18.3. The van der Waals surface area contributed by atoms with E-state index >= 15 is 0 Å². The maximum Gasteiger partial charge on any atom is 0.0850 e. The number of nitrogens with two attached hydrogens (primary N) is 1. The quantitative estimate of drug-likeness (QED) is 0.912. The summed E-state index contributed by atoms with van der Waals surface area (Å²) in [4.78, 5) is 0. The number of benzene rings is 1. The number of nitrogens with zero attached hydrogens (tertiary/aromatic N) is 2. The van der Waals surface area contributed by atoms with Crippen molar-refractivity contribution in [3.8, 4) is 0 Å². The van der Waals surface area contributed by atoms with Gasteiger partial charge in [0.25, 0.3) is 0 Å². The third kappa shape index (κ3) is 3.29. The van der Waals surface area contributed by atoms with Gasteiger partial charge in [-0.15, -0.1) is 0 Å². The zero-order valence-electron chi connectivity index (χ0n) is 11.3. The molecule has 2 aromatic rings. The van der Waals surface area contributed by atoms with Crippen LogP contribution in [0.25, 0.3) is 0 Å². The smallest absolute Gasteiger partial charge is 0.0850 e. The van der Waals surface area contributed by atoms with Gasteiger partial charge in [0.1, 0.15) is 0 Å². The lowest BCUT2D eigenvalue weighted by Crippen LogP contribution is -2.15. The molecule has 0 bridgehead atoms. The van der Waals surface area contributed by atoms with Gasteiger partial charge in [-0.1, -0.05) is 41.7 Å². The number of aromatic nitrogens is 2. The van der Waals surface area contributed by atoms with Gasteiger partial charge in [0, 0.05) is 29.6 Å². The van der Waals surface area contributed by atoms with E-state index in [2.05, 4.69) is 5.10 Å².